The number of rotatable bonds is 10. The third kappa shape index (κ3) is 7.47. The van der Waals surface area contributed by atoms with Crippen LogP contribution in [0.3, 0.4) is 0 Å². The van der Waals surface area contributed by atoms with Crippen LogP contribution in [0.15, 0.2) is 84.9 Å². The average Bonchev–Trinajstić information content (AvgIpc) is 2.81. The maximum Gasteiger partial charge on any atom is 0.247 e. The lowest BCUT2D eigenvalue weighted by molar-refractivity contribution is -0.141. The molecule has 0 aliphatic carbocycles. The Bertz CT molecular complexity index is 1020. The summed E-state index contributed by atoms with van der Waals surface area (Å²) in [5.41, 5.74) is 2.62. The zero-order valence-electron chi connectivity index (χ0n) is 19.2. The second-order valence-corrected chi connectivity index (χ2v) is 9.03. The highest BCUT2D eigenvalue weighted by atomic mass is 35.5. The van der Waals surface area contributed by atoms with Gasteiger partial charge in [-0.25, -0.2) is 0 Å². The highest BCUT2D eigenvalue weighted by Crippen LogP contribution is 2.25. The lowest BCUT2D eigenvalue weighted by Crippen LogP contribution is -2.44. The van der Waals surface area contributed by atoms with Crippen molar-refractivity contribution in [2.75, 3.05) is 6.54 Å². The fourth-order valence-corrected chi connectivity index (χ4v) is 3.80. The molecule has 0 saturated carbocycles. The first-order chi connectivity index (χ1) is 15.9. The Balaban J connectivity index is 1.93. The molecule has 3 aromatic carbocycles. The molecule has 0 heterocycles. The number of carbonyl (C=O) groups is 2. The number of carbonyl (C=O) groups excluding carboxylic acids is 2. The molecule has 0 aromatic heterocycles. The van der Waals surface area contributed by atoms with Gasteiger partial charge in [0.05, 0.1) is 6.42 Å². The summed E-state index contributed by atoms with van der Waals surface area (Å²) in [6, 6.07) is 25.8. The van der Waals surface area contributed by atoms with Crippen molar-refractivity contribution in [3.8, 4) is 0 Å². The molecule has 0 spiro atoms. The minimum Gasteiger partial charge on any atom is -0.354 e. The van der Waals surface area contributed by atoms with Crippen LogP contribution < -0.4 is 5.32 Å². The van der Waals surface area contributed by atoms with Gasteiger partial charge in [-0.05, 0) is 41.2 Å². The molecule has 0 saturated heterocycles. The maximum absolute atomic E-state index is 13.6. The van der Waals surface area contributed by atoms with Crippen molar-refractivity contribution in [3.63, 3.8) is 0 Å². The van der Waals surface area contributed by atoms with E-state index in [1.54, 1.807) is 17.0 Å². The molecule has 33 heavy (non-hydrogen) atoms. The number of amides is 2. The van der Waals surface area contributed by atoms with E-state index < -0.39 is 6.04 Å². The number of nitrogens with one attached hydrogen (secondary N) is 1. The van der Waals surface area contributed by atoms with E-state index >= 15 is 0 Å². The molecular weight excluding hydrogens is 432 g/mol. The van der Waals surface area contributed by atoms with E-state index in [2.05, 4.69) is 19.2 Å². The maximum atomic E-state index is 13.6. The van der Waals surface area contributed by atoms with E-state index in [0.29, 0.717) is 24.0 Å². The molecule has 0 unspecified atom stereocenters. The normalized spacial score (nSPS) is 11.8. The van der Waals surface area contributed by atoms with E-state index in [0.717, 1.165) is 23.1 Å². The van der Waals surface area contributed by atoms with Crippen LogP contribution in [0.2, 0.25) is 5.02 Å². The highest BCUT2D eigenvalue weighted by molar-refractivity contribution is 6.30. The molecule has 172 valence electrons. The summed E-state index contributed by atoms with van der Waals surface area (Å²) in [6.07, 6.45) is 1.07. The number of nitrogens with zero attached hydrogens (tertiary/aromatic N) is 1. The molecule has 0 aliphatic rings. The summed E-state index contributed by atoms with van der Waals surface area (Å²) in [4.78, 5) is 28.7. The first kappa shape index (κ1) is 24.5. The predicted molar refractivity (Wildman–Crippen MR) is 134 cm³/mol. The standard InChI is InChI=1S/C28H31ClN2O2/c1-21(2)17-18-30-28(33)27(24-11-7-4-8-12-24)31(20-23-9-5-3-6-10-23)26(32)19-22-13-15-25(29)16-14-22/h3-16,21,27H,17-20H2,1-2H3,(H,30,33)/t27-/m0/s1. The molecule has 0 radical (unpaired) electrons. The lowest BCUT2D eigenvalue weighted by Gasteiger charge is -2.32. The Labute approximate surface area is 201 Å². The monoisotopic (exact) mass is 462 g/mol. The fourth-order valence-electron chi connectivity index (χ4n) is 3.67. The minimum absolute atomic E-state index is 0.117. The zero-order chi connectivity index (χ0) is 23.6. The Morgan fingerprint density at radius 3 is 2.06 bits per heavy atom. The summed E-state index contributed by atoms with van der Waals surface area (Å²) in [5, 5.41) is 3.68. The molecule has 0 aliphatic heterocycles. The molecule has 0 fully saturated rings. The van der Waals surface area contributed by atoms with Gasteiger partial charge in [-0.1, -0.05) is 98.2 Å². The largest absolute Gasteiger partial charge is 0.354 e. The van der Waals surface area contributed by atoms with E-state index in [-0.39, 0.29) is 18.2 Å². The highest BCUT2D eigenvalue weighted by Gasteiger charge is 2.31. The van der Waals surface area contributed by atoms with E-state index in [1.807, 2.05) is 72.8 Å². The van der Waals surface area contributed by atoms with Crippen molar-refractivity contribution >= 4 is 23.4 Å². The predicted octanol–water partition coefficient (Wildman–Crippen LogP) is 5.81. The summed E-state index contributed by atoms with van der Waals surface area (Å²) in [5.74, 6) is 0.198. The van der Waals surface area contributed by atoms with Crippen molar-refractivity contribution in [2.24, 2.45) is 5.92 Å². The van der Waals surface area contributed by atoms with Gasteiger partial charge < -0.3 is 10.2 Å². The Morgan fingerprint density at radius 2 is 1.45 bits per heavy atom. The van der Waals surface area contributed by atoms with Crippen molar-refractivity contribution < 1.29 is 9.59 Å². The molecule has 1 N–H and O–H groups in total. The molecule has 3 rings (SSSR count). The summed E-state index contributed by atoms with van der Waals surface area (Å²) in [7, 11) is 0. The van der Waals surface area contributed by atoms with Crippen LogP contribution >= 0.6 is 11.6 Å². The van der Waals surface area contributed by atoms with Gasteiger partial charge in [-0.15, -0.1) is 0 Å². The van der Waals surface area contributed by atoms with Gasteiger partial charge >= 0.3 is 0 Å². The first-order valence-corrected chi connectivity index (χ1v) is 11.7. The van der Waals surface area contributed by atoms with Crippen LogP contribution in [-0.2, 0) is 22.6 Å². The van der Waals surface area contributed by atoms with Gasteiger partial charge in [0.1, 0.15) is 6.04 Å². The lowest BCUT2D eigenvalue weighted by atomic mass is 10.0. The molecule has 2 amide bonds. The molecule has 5 heteroatoms. The van der Waals surface area contributed by atoms with Crippen LogP contribution in [0.1, 0.15) is 43.0 Å². The van der Waals surface area contributed by atoms with Crippen molar-refractivity contribution in [1.29, 1.82) is 0 Å². The number of benzene rings is 3. The summed E-state index contributed by atoms with van der Waals surface area (Å²) in [6.45, 7) is 5.16. The smallest absolute Gasteiger partial charge is 0.247 e. The zero-order valence-corrected chi connectivity index (χ0v) is 20.0. The summed E-state index contributed by atoms with van der Waals surface area (Å²) < 4.78 is 0. The van der Waals surface area contributed by atoms with Crippen molar-refractivity contribution in [2.45, 2.75) is 39.3 Å². The molecule has 4 nitrogen and oxygen atoms in total. The van der Waals surface area contributed by atoms with Gasteiger partial charge in [0.25, 0.3) is 0 Å². The molecular formula is C28H31ClN2O2. The van der Waals surface area contributed by atoms with Crippen LogP contribution in [-0.4, -0.2) is 23.3 Å². The fraction of sp³-hybridized carbons (Fsp3) is 0.286. The van der Waals surface area contributed by atoms with Gasteiger partial charge in [-0.2, -0.15) is 0 Å². The first-order valence-electron chi connectivity index (χ1n) is 11.3. The molecule has 1 atom stereocenters. The third-order valence-corrected chi connectivity index (χ3v) is 5.73. The Kier molecular flexibility index (Phi) is 9.08. The summed E-state index contributed by atoms with van der Waals surface area (Å²) >= 11 is 6.01. The van der Waals surface area contributed by atoms with Gasteiger partial charge in [0.2, 0.25) is 11.8 Å². The van der Waals surface area contributed by atoms with Crippen molar-refractivity contribution in [1.82, 2.24) is 10.2 Å². The SMILES string of the molecule is CC(C)CCNC(=O)[C@H](c1ccccc1)N(Cc1ccccc1)C(=O)Cc1ccc(Cl)cc1. The van der Waals surface area contributed by atoms with Crippen LogP contribution in [0.25, 0.3) is 0 Å². The van der Waals surface area contributed by atoms with Gasteiger partial charge in [0, 0.05) is 18.1 Å². The Morgan fingerprint density at radius 1 is 0.848 bits per heavy atom. The van der Waals surface area contributed by atoms with Crippen LogP contribution in [0.4, 0.5) is 0 Å². The second-order valence-electron chi connectivity index (χ2n) is 8.60. The van der Waals surface area contributed by atoms with E-state index in [9.17, 15) is 9.59 Å². The van der Waals surface area contributed by atoms with Gasteiger partial charge in [-0.3, -0.25) is 9.59 Å². The Hall–Kier alpha value is -3.11. The number of hydrogen-bond acceptors (Lipinski definition) is 2. The molecule has 3 aromatic rings. The number of hydrogen-bond donors (Lipinski definition) is 1. The van der Waals surface area contributed by atoms with E-state index in [4.69, 9.17) is 11.6 Å². The second kappa shape index (κ2) is 12.2. The van der Waals surface area contributed by atoms with Crippen LogP contribution in [0, 0.1) is 5.92 Å². The topological polar surface area (TPSA) is 49.4 Å². The number of halogens is 1. The quantitative estimate of drug-likeness (QED) is 0.413. The van der Waals surface area contributed by atoms with Crippen LogP contribution in [0.5, 0.6) is 0 Å². The average molecular weight is 463 g/mol. The third-order valence-electron chi connectivity index (χ3n) is 5.48. The van der Waals surface area contributed by atoms with E-state index in [1.165, 1.54) is 0 Å². The van der Waals surface area contributed by atoms with Gasteiger partial charge in [0.15, 0.2) is 0 Å². The van der Waals surface area contributed by atoms with Crippen molar-refractivity contribution in [3.05, 3.63) is 107 Å². The molecule has 0 bridgehead atoms. The minimum atomic E-state index is -0.724.